The number of nitrogens with two attached hydrogens (primary N) is 1. The van der Waals surface area contributed by atoms with Crippen molar-refractivity contribution in [2.24, 2.45) is 0 Å². The van der Waals surface area contributed by atoms with Gasteiger partial charge in [-0.3, -0.25) is 0 Å². The highest BCUT2D eigenvalue weighted by Crippen LogP contribution is 2.22. The third kappa shape index (κ3) is 4.91. The standard InChI is InChI=1S/C12H15F4NO/c13-11(14)12(15,16)8-18-7-1-2-9-3-5-10(17)6-4-9/h3-6,11H,1-2,7-8,17H2. The van der Waals surface area contributed by atoms with Gasteiger partial charge in [0, 0.05) is 12.3 Å². The second-order valence-electron chi connectivity index (χ2n) is 3.96. The van der Waals surface area contributed by atoms with Crippen molar-refractivity contribution in [1.82, 2.24) is 0 Å². The van der Waals surface area contributed by atoms with Crippen molar-refractivity contribution in [2.75, 3.05) is 18.9 Å². The smallest absolute Gasteiger partial charge is 0.330 e. The number of alkyl halides is 4. The van der Waals surface area contributed by atoms with E-state index >= 15 is 0 Å². The highest BCUT2D eigenvalue weighted by molar-refractivity contribution is 5.39. The van der Waals surface area contributed by atoms with Gasteiger partial charge in [0.15, 0.2) is 0 Å². The van der Waals surface area contributed by atoms with Crippen molar-refractivity contribution in [3.05, 3.63) is 29.8 Å². The van der Waals surface area contributed by atoms with E-state index in [-0.39, 0.29) is 6.61 Å². The van der Waals surface area contributed by atoms with Gasteiger partial charge in [-0.05, 0) is 30.5 Å². The Labute approximate surface area is 103 Å². The third-order valence-corrected chi connectivity index (χ3v) is 2.35. The molecule has 0 amide bonds. The summed E-state index contributed by atoms with van der Waals surface area (Å²) in [5.41, 5.74) is 7.14. The predicted molar refractivity (Wildman–Crippen MR) is 60.9 cm³/mol. The summed E-state index contributed by atoms with van der Waals surface area (Å²) in [6.07, 6.45) is -2.57. The van der Waals surface area contributed by atoms with E-state index in [0.717, 1.165) is 5.56 Å². The summed E-state index contributed by atoms with van der Waals surface area (Å²) in [6.45, 7) is -1.22. The van der Waals surface area contributed by atoms with Gasteiger partial charge in [0.1, 0.15) is 6.61 Å². The molecule has 0 heterocycles. The van der Waals surface area contributed by atoms with E-state index in [2.05, 4.69) is 4.74 Å². The van der Waals surface area contributed by atoms with Crippen LogP contribution in [0.2, 0.25) is 0 Å². The molecule has 1 rings (SSSR count). The molecule has 0 saturated heterocycles. The Hall–Kier alpha value is -1.30. The molecule has 0 saturated carbocycles. The van der Waals surface area contributed by atoms with Gasteiger partial charge in [-0.2, -0.15) is 8.78 Å². The van der Waals surface area contributed by atoms with Gasteiger partial charge in [0.2, 0.25) is 0 Å². The Bertz CT molecular complexity index is 354. The molecule has 0 bridgehead atoms. The summed E-state index contributed by atoms with van der Waals surface area (Å²) in [5.74, 6) is -4.07. The highest BCUT2D eigenvalue weighted by Gasteiger charge is 2.40. The SMILES string of the molecule is Nc1ccc(CCCOCC(F)(F)C(F)F)cc1. The van der Waals surface area contributed by atoms with Gasteiger partial charge in [-0.25, -0.2) is 8.78 Å². The lowest BCUT2D eigenvalue weighted by molar-refractivity contribution is -0.165. The lowest BCUT2D eigenvalue weighted by Crippen LogP contribution is -2.32. The van der Waals surface area contributed by atoms with Crippen LogP contribution >= 0.6 is 0 Å². The van der Waals surface area contributed by atoms with Crippen LogP contribution in [-0.4, -0.2) is 25.6 Å². The fourth-order valence-electron chi connectivity index (χ4n) is 1.33. The van der Waals surface area contributed by atoms with Crippen molar-refractivity contribution in [3.63, 3.8) is 0 Å². The topological polar surface area (TPSA) is 35.2 Å². The van der Waals surface area contributed by atoms with Crippen LogP contribution in [0.4, 0.5) is 23.2 Å². The summed E-state index contributed by atoms with van der Waals surface area (Å²) in [5, 5.41) is 0. The Morgan fingerprint density at radius 1 is 1.17 bits per heavy atom. The highest BCUT2D eigenvalue weighted by atomic mass is 19.3. The third-order valence-electron chi connectivity index (χ3n) is 2.35. The van der Waals surface area contributed by atoms with Crippen LogP contribution in [0.25, 0.3) is 0 Å². The first-order valence-corrected chi connectivity index (χ1v) is 5.50. The number of ether oxygens (including phenoxy) is 1. The summed E-state index contributed by atoms with van der Waals surface area (Å²) in [7, 11) is 0. The van der Waals surface area contributed by atoms with Crippen molar-refractivity contribution in [2.45, 2.75) is 25.2 Å². The van der Waals surface area contributed by atoms with Crippen molar-refractivity contribution < 1.29 is 22.3 Å². The van der Waals surface area contributed by atoms with Gasteiger partial charge < -0.3 is 10.5 Å². The average molecular weight is 265 g/mol. The van der Waals surface area contributed by atoms with E-state index in [0.29, 0.717) is 18.5 Å². The van der Waals surface area contributed by atoms with Crippen LogP contribution in [-0.2, 0) is 11.2 Å². The first-order valence-electron chi connectivity index (χ1n) is 5.50. The molecule has 2 nitrogen and oxygen atoms in total. The number of anilines is 1. The molecule has 0 radical (unpaired) electrons. The molecular formula is C12H15F4NO. The zero-order valence-electron chi connectivity index (χ0n) is 9.71. The molecule has 102 valence electrons. The van der Waals surface area contributed by atoms with E-state index in [9.17, 15) is 17.6 Å². The normalized spacial score (nSPS) is 12.1. The van der Waals surface area contributed by atoms with Gasteiger partial charge in [-0.1, -0.05) is 12.1 Å². The molecule has 1 aromatic rings. The summed E-state index contributed by atoms with van der Waals surface area (Å²) >= 11 is 0. The molecule has 0 aliphatic carbocycles. The molecule has 6 heteroatoms. The zero-order valence-corrected chi connectivity index (χ0v) is 9.71. The van der Waals surface area contributed by atoms with E-state index in [4.69, 9.17) is 5.73 Å². The number of aryl methyl sites for hydroxylation is 1. The molecule has 0 aliphatic rings. The summed E-state index contributed by atoms with van der Waals surface area (Å²) in [6, 6.07) is 7.12. The fraction of sp³-hybridized carbons (Fsp3) is 0.500. The first-order chi connectivity index (χ1) is 8.42. The number of rotatable bonds is 7. The molecule has 0 aliphatic heterocycles. The van der Waals surface area contributed by atoms with Crippen LogP contribution in [0.3, 0.4) is 0 Å². The van der Waals surface area contributed by atoms with Gasteiger partial charge in [0.25, 0.3) is 0 Å². The Morgan fingerprint density at radius 2 is 1.78 bits per heavy atom. The maximum absolute atomic E-state index is 12.5. The van der Waals surface area contributed by atoms with Gasteiger partial charge in [0.05, 0.1) is 0 Å². The van der Waals surface area contributed by atoms with Gasteiger partial charge in [-0.15, -0.1) is 0 Å². The van der Waals surface area contributed by atoms with Crippen LogP contribution in [0, 0.1) is 0 Å². The second-order valence-corrected chi connectivity index (χ2v) is 3.96. The molecular weight excluding hydrogens is 250 g/mol. The lowest BCUT2D eigenvalue weighted by atomic mass is 10.1. The fourth-order valence-corrected chi connectivity index (χ4v) is 1.33. The van der Waals surface area contributed by atoms with E-state index < -0.39 is 19.0 Å². The molecule has 0 unspecified atom stereocenters. The molecule has 0 aromatic heterocycles. The Morgan fingerprint density at radius 3 is 2.33 bits per heavy atom. The Kier molecular flexibility index (Phi) is 5.40. The second kappa shape index (κ2) is 6.58. The van der Waals surface area contributed by atoms with Crippen molar-refractivity contribution in [1.29, 1.82) is 0 Å². The van der Waals surface area contributed by atoms with E-state index in [1.807, 2.05) is 12.1 Å². The van der Waals surface area contributed by atoms with E-state index in [1.165, 1.54) is 0 Å². The largest absolute Gasteiger partial charge is 0.399 e. The predicted octanol–water partition coefficient (Wildman–Crippen LogP) is 3.12. The van der Waals surface area contributed by atoms with Crippen LogP contribution in [0.15, 0.2) is 24.3 Å². The van der Waals surface area contributed by atoms with Crippen LogP contribution in [0.5, 0.6) is 0 Å². The molecule has 0 spiro atoms. The summed E-state index contributed by atoms with van der Waals surface area (Å²) in [4.78, 5) is 0. The molecule has 0 atom stereocenters. The zero-order chi connectivity index (χ0) is 13.6. The quantitative estimate of drug-likeness (QED) is 0.467. The molecule has 2 N–H and O–H groups in total. The minimum Gasteiger partial charge on any atom is -0.399 e. The number of benzene rings is 1. The number of halogens is 4. The lowest BCUT2D eigenvalue weighted by Gasteiger charge is -2.15. The molecule has 1 aromatic carbocycles. The van der Waals surface area contributed by atoms with Crippen molar-refractivity contribution >= 4 is 5.69 Å². The molecule has 18 heavy (non-hydrogen) atoms. The summed E-state index contributed by atoms with van der Waals surface area (Å²) < 4.78 is 53.0. The van der Waals surface area contributed by atoms with Crippen molar-refractivity contribution in [3.8, 4) is 0 Å². The van der Waals surface area contributed by atoms with Crippen LogP contribution < -0.4 is 5.73 Å². The van der Waals surface area contributed by atoms with Gasteiger partial charge >= 0.3 is 12.3 Å². The first kappa shape index (κ1) is 14.8. The molecule has 0 fully saturated rings. The number of hydrogen-bond donors (Lipinski definition) is 1. The van der Waals surface area contributed by atoms with Crippen LogP contribution in [0.1, 0.15) is 12.0 Å². The Balaban J connectivity index is 2.18. The minimum atomic E-state index is -4.07. The average Bonchev–Trinajstić information content (AvgIpc) is 2.31. The minimum absolute atomic E-state index is 0.0205. The monoisotopic (exact) mass is 265 g/mol. The maximum Gasteiger partial charge on any atom is 0.330 e. The number of nitrogen functional groups attached to an aromatic ring is 1. The van der Waals surface area contributed by atoms with E-state index in [1.54, 1.807) is 12.1 Å². The number of hydrogen-bond acceptors (Lipinski definition) is 2. The maximum atomic E-state index is 12.5.